The highest BCUT2D eigenvalue weighted by Crippen LogP contribution is 2.48. The van der Waals surface area contributed by atoms with Gasteiger partial charge in [0.15, 0.2) is 0 Å². The normalized spacial score (nSPS) is 13.9. The summed E-state index contributed by atoms with van der Waals surface area (Å²) in [5, 5.41) is 0. The Balaban J connectivity index is 1.38. The first-order valence-electron chi connectivity index (χ1n) is 16.1. The SMILES string of the molecule is CCCCCCCCC(CCCCCC)CCCN1C(=O)c2c(c(-c3ccc(Br)s3)c3nsnc3c2-c2ccc(Br)s2)C1=O. The molecule has 1 aromatic carbocycles. The van der Waals surface area contributed by atoms with Gasteiger partial charge >= 0.3 is 0 Å². The maximum absolute atomic E-state index is 14.2. The van der Waals surface area contributed by atoms with Crippen LogP contribution in [0.5, 0.6) is 0 Å². The molecule has 44 heavy (non-hydrogen) atoms. The molecule has 5 nitrogen and oxygen atoms in total. The molecule has 1 atom stereocenters. The molecule has 236 valence electrons. The summed E-state index contributed by atoms with van der Waals surface area (Å²) in [5.41, 5.74) is 3.81. The highest BCUT2D eigenvalue weighted by Gasteiger charge is 2.42. The van der Waals surface area contributed by atoms with Crippen molar-refractivity contribution in [2.45, 2.75) is 104 Å². The quantitative estimate of drug-likeness (QED) is 0.0745. The fourth-order valence-electron chi connectivity index (χ4n) is 6.42. The van der Waals surface area contributed by atoms with E-state index in [2.05, 4.69) is 54.5 Å². The van der Waals surface area contributed by atoms with Crippen LogP contribution in [-0.4, -0.2) is 32.0 Å². The van der Waals surface area contributed by atoms with Crippen LogP contribution in [0.4, 0.5) is 0 Å². The van der Waals surface area contributed by atoms with E-state index in [1.807, 2.05) is 24.3 Å². The van der Waals surface area contributed by atoms with Crippen LogP contribution in [0, 0.1) is 5.92 Å². The highest BCUT2D eigenvalue weighted by atomic mass is 79.9. The first-order chi connectivity index (χ1) is 21.4. The molecule has 2 amide bonds. The Hall–Kier alpha value is -1.46. The van der Waals surface area contributed by atoms with Crippen molar-refractivity contribution < 1.29 is 9.59 Å². The predicted molar refractivity (Wildman–Crippen MR) is 194 cm³/mol. The molecule has 1 aliphatic rings. The van der Waals surface area contributed by atoms with E-state index in [4.69, 9.17) is 0 Å². The molecule has 10 heteroatoms. The van der Waals surface area contributed by atoms with Crippen LogP contribution in [-0.2, 0) is 0 Å². The minimum Gasteiger partial charge on any atom is -0.274 e. The number of benzene rings is 1. The van der Waals surface area contributed by atoms with E-state index in [1.54, 1.807) is 22.7 Å². The van der Waals surface area contributed by atoms with Gasteiger partial charge in [-0.25, -0.2) is 0 Å². The number of carbonyl (C=O) groups excluding carboxylic acids is 2. The summed E-state index contributed by atoms with van der Waals surface area (Å²) in [6.45, 7) is 4.97. The van der Waals surface area contributed by atoms with Crippen molar-refractivity contribution in [1.29, 1.82) is 0 Å². The molecule has 1 unspecified atom stereocenters. The molecule has 5 rings (SSSR count). The lowest BCUT2D eigenvalue weighted by Gasteiger charge is -2.19. The van der Waals surface area contributed by atoms with Crippen molar-refractivity contribution in [3.8, 4) is 20.9 Å². The molecule has 0 saturated carbocycles. The second kappa shape index (κ2) is 16.4. The molecule has 0 spiro atoms. The van der Waals surface area contributed by atoms with Crippen molar-refractivity contribution >= 4 is 89.1 Å². The lowest BCUT2D eigenvalue weighted by atomic mass is 9.90. The number of fused-ring (bicyclic) bond motifs is 2. The summed E-state index contributed by atoms with van der Waals surface area (Å²) < 4.78 is 11.3. The fourth-order valence-corrected chi connectivity index (χ4v) is 9.85. The molecule has 1 aliphatic heterocycles. The van der Waals surface area contributed by atoms with Crippen LogP contribution < -0.4 is 0 Å². The first kappa shape index (κ1) is 33.9. The number of hydrogen-bond acceptors (Lipinski definition) is 7. The summed E-state index contributed by atoms with van der Waals surface area (Å²) in [4.78, 5) is 31.8. The summed E-state index contributed by atoms with van der Waals surface area (Å²) in [6.07, 6.45) is 17.4. The highest BCUT2D eigenvalue weighted by molar-refractivity contribution is 9.11. The third kappa shape index (κ3) is 7.73. The zero-order valence-corrected chi connectivity index (χ0v) is 31.3. The zero-order valence-electron chi connectivity index (χ0n) is 25.6. The first-order valence-corrected chi connectivity index (χ1v) is 20.1. The molecule has 0 radical (unpaired) electrons. The number of imide groups is 1. The monoisotopic (exact) mass is 777 g/mol. The topological polar surface area (TPSA) is 63.2 Å². The van der Waals surface area contributed by atoms with Gasteiger partial charge in [-0.05, 0) is 74.9 Å². The van der Waals surface area contributed by atoms with Gasteiger partial charge in [0, 0.05) is 27.4 Å². The van der Waals surface area contributed by atoms with Gasteiger partial charge in [0.2, 0.25) is 0 Å². The van der Waals surface area contributed by atoms with Gasteiger partial charge in [-0.15, -0.1) is 22.7 Å². The second-order valence-electron chi connectivity index (χ2n) is 11.8. The zero-order chi connectivity index (χ0) is 31.1. The third-order valence-electron chi connectivity index (χ3n) is 8.70. The van der Waals surface area contributed by atoms with E-state index in [9.17, 15) is 9.59 Å². The number of halogens is 2. The second-order valence-corrected chi connectivity index (χ2v) is 17.3. The average molecular weight is 780 g/mol. The van der Waals surface area contributed by atoms with Gasteiger partial charge in [0.05, 0.1) is 30.4 Å². The molecule has 4 aromatic rings. The molecule has 0 bridgehead atoms. The number of unbranched alkanes of at least 4 members (excludes halogenated alkanes) is 8. The molecule has 4 heterocycles. The Kier molecular flexibility index (Phi) is 12.6. The minimum absolute atomic E-state index is 0.202. The van der Waals surface area contributed by atoms with E-state index in [0.717, 1.165) is 53.0 Å². The van der Waals surface area contributed by atoms with E-state index >= 15 is 0 Å². The van der Waals surface area contributed by atoms with Gasteiger partial charge in [-0.1, -0.05) is 90.9 Å². The van der Waals surface area contributed by atoms with Crippen molar-refractivity contribution in [2.24, 2.45) is 5.92 Å². The number of amides is 2. The van der Waals surface area contributed by atoms with Gasteiger partial charge in [0.25, 0.3) is 11.8 Å². The smallest absolute Gasteiger partial charge is 0.262 e. The Morgan fingerprint density at radius 3 is 1.57 bits per heavy atom. The largest absolute Gasteiger partial charge is 0.274 e. The lowest BCUT2D eigenvalue weighted by Crippen LogP contribution is -2.31. The lowest BCUT2D eigenvalue weighted by molar-refractivity contribution is 0.0649. The standard InChI is InChI=1S/C34H41Br2N3O2S3/c1-3-5-7-9-10-12-15-22(14-11-8-6-4-2)16-13-21-39-33(40)29-27(23-17-19-25(35)42-23)31-32(38-44-37-31)28(30(29)34(39)41)24-18-20-26(36)43-24/h17-20,22H,3-16,21H2,1-2H3. The number of hydrogen-bond donors (Lipinski definition) is 0. The average Bonchev–Trinajstić information content (AvgIpc) is 3.81. The third-order valence-corrected chi connectivity index (χ3v) is 12.5. The van der Waals surface area contributed by atoms with Gasteiger partial charge < -0.3 is 0 Å². The van der Waals surface area contributed by atoms with Crippen molar-refractivity contribution in [1.82, 2.24) is 13.6 Å². The molecular weight excluding hydrogens is 738 g/mol. The van der Waals surface area contributed by atoms with Crippen LogP contribution in [0.2, 0.25) is 0 Å². The van der Waals surface area contributed by atoms with E-state index < -0.39 is 0 Å². The molecule has 0 fully saturated rings. The summed E-state index contributed by atoms with van der Waals surface area (Å²) in [7, 11) is 0. The van der Waals surface area contributed by atoms with E-state index in [-0.39, 0.29) is 11.8 Å². The Morgan fingerprint density at radius 1 is 0.636 bits per heavy atom. The number of nitrogens with zero attached hydrogens (tertiary/aromatic N) is 3. The molecule has 0 saturated heterocycles. The number of aromatic nitrogens is 2. The predicted octanol–water partition coefficient (Wildman–Crippen LogP) is 12.4. The van der Waals surface area contributed by atoms with E-state index in [0.29, 0.717) is 34.6 Å². The number of rotatable bonds is 18. The number of thiophene rings is 2. The Bertz CT molecular complexity index is 1480. The van der Waals surface area contributed by atoms with Crippen molar-refractivity contribution in [3.63, 3.8) is 0 Å². The van der Waals surface area contributed by atoms with Crippen LogP contribution >= 0.6 is 66.3 Å². The van der Waals surface area contributed by atoms with Crippen LogP contribution in [0.15, 0.2) is 31.8 Å². The molecular formula is C34H41Br2N3O2S3. The number of carbonyl (C=O) groups is 2. The molecule has 0 N–H and O–H groups in total. The minimum atomic E-state index is -0.202. The Labute approximate surface area is 290 Å². The van der Waals surface area contributed by atoms with E-state index in [1.165, 1.54) is 81.9 Å². The van der Waals surface area contributed by atoms with Gasteiger partial charge in [-0.2, -0.15) is 8.75 Å². The maximum atomic E-state index is 14.2. The van der Waals surface area contributed by atoms with Gasteiger partial charge in [-0.3, -0.25) is 14.5 Å². The summed E-state index contributed by atoms with van der Waals surface area (Å²) in [6, 6.07) is 7.95. The van der Waals surface area contributed by atoms with Crippen LogP contribution in [0.3, 0.4) is 0 Å². The summed E-state index contributed by atoms with van der Waals surface area (Å²) in [5.74, 6) is 0.253. The van der Waals surface area contributed by atoms with Crippen molar-refractivity contribution in [2.75, 3.05) is 6.54 Å². The van der Waals surface area contributed by atoms with Gasteiger partial charge in [0.1, 0.15) is 11.0 Å². The maximum Gasteiger partial charge on any atom is 0.262 e. The fraction of sp³-hybridized carbons (Fsp3) is 0.529. The van der Waals surface area contributed by atoms with Crippen molar-refractivity contribution in [3.05, 3.63) is 43.0 Å². The summed E-state index contributed by atoms with van der Waals surface area (Å²) >= 11 is 11.4. The van der Waals surface area contributed by atoms with Crippen LogP contribution in [0.1, 0.15) is 124 Å². The van der Waals surface area contributed by atoms with Crippen LogP contribution in [0.25, 0.3) is 31.9 Å². The molecule has 3 aromatic heterocycles. The Morgan fingerprint density at radius 2 is 1.09 bits per heavy atom. The molecule has 0 aliphatic carbocycles.